The molecule has 0 saturated carbocycles. The molecule has 6 heteroatoms. The number of carbonyl (C=O) groups is 2. The number of benzene rings is 1. The Hall–Kier alpha value is -1.62. The van der Waals surface area contributed by atoms with E-state index >= 15 is 0 Å². The standard InChI is InChI=1S/C15H18ClFN2O2/c1-2-3-13-15(21)19(7-6-14(20)18-13)9-10-4-5-11(16)12(17)8-10/h4-5,8,13H,2-3,6-7,9H2,1H3,(H,18,20). The van der Waals surface area contributed by atoms with E-state index in [1.807, 2.05) is 6.92 Å². The molecule has 0 spiro atoms. The highest BCUT2D eigenvalue weighted by atomic mass is 35.5. The fraction of sp³-hybridized carbons (Fsp3) is 0.467. The first-order valence-electron chi connectivity index (χ1n) is 7.03. The van der Waals surface area contributed by atoms with Gasteiger partial charge in [-0.25, -0.2) is 4.39 Å². The van der Waals surface area contributed by atoms with Gasteiger partial charge in [-0.3, -0.25) is 9.59 Å². The number of carbonyl (C=O) groups excluding carboxylic acids is 2. The van der Waals surface area contributed by atoms with Crippen LogP contribution in [0.3, 0.4) is 0 Å². The van der Waals surface area contributed by atoms with Crippen LogP contribution >= 0.6 is 11.6 Å². The Bertz CT molecular complexity index is 550. The lowest BCUT2D eigenvalue weighted by atomic mass is 10.1. The lowest BCUT2D eigenvalue weighted by Gasteiger charge is -2.24. The van der Waals surface area contributed by atoms with E-state index in [0.717, 1.165) is 6.42 Å². The van der Waals surface area contributed by atoms with Crippen molar-refractivity contribution in [2.24, 2.45) is 0 Å². The van der Waals surface area contributed by atoms with Crippen molar-refractivity contribution in [1.82, 2.24) is 10.2 Å². The summed E-state index contributed by atoms with van der Waals surface area (Å²) in [6.45, 7) is 2.58. The van der Waals surface area contributed by atoms with E-state index in [1.165, 1.54) is 12.1 Å². The topological polar surface area (TPSA) is 49.4 Å². The normalized spacial score (nSPS) is 19.4. The second-order valence-corrected chi connectivity index (χ2v) is 5.57. The van der Waals surface area contributed by atoms with Crippen LogP contribution in [-0.4, -0.2) is 29.3 Å². The predicted molar refractivity (Wildman–Crippen MR) is 78.3 cm³/mol. The summed E-state index contributed by atoms with van der Waals surface area (Å²) in [5, 5.41) is 2.80. The molecule has 1 aliphatic rings. The first-order valence-corrected chi connectivity index (χ1v) is 7.41. The van der Waals surface area contributed by atoms with Crippen LogP contribution in [0.4, 0.5) is 4.39 Å². The van der Waals surface area contributed by atoms with Crippen LogP contribution in [0.25, 0.3) is 0 Å². The van der Waals surface area contributed by atoms with Crippen molar-refractivity contribution in [3.8, 4) is 0 Å². The van der Waals surface area contributed by atoms with Crippen molar-refractivity contribution in [2.75, 3.05) is 6.54 Å². The molecule has 0 bridgehead atoms. The van der Waals surface area contributed by atoms with E-state index in [4.69, 9.17) is 11.6 Å². The average molecular weight is 313 g/mol. The second kappa shape index (κ2) is 6.89. The molecule has 1 aliphatic heterocycles. The molecule has 1 N–H and O–H groups in total. The summed E-state index contributed by atoms with van der Waals surface area (Å²) in [6, 6.07) is 4.00. The van der Waals surface area contributed by atoms with Crippen LogP contribution < -0.4 is 5.32 Å². The van der Waals surface area contributed by atoms with Gasteiger partial charge in [0.25, 0.3) is 0 Å². The van der Waals surface area contributed by atoms with E-state index in [1.54, 1.807) is 11.0 Å². The van der Waals surface area contributed by atoms with Crippen molar-refractivity contribution < 1.29 is 14.0 Å². The van der Waals surface area contributed by atoms with Gasteiger partial charge in [0.05, 0.1) is 5.02 Å². The molecule has 1 aromatic rings. The van der Waals surface area contributed by atoms with Gasteiger partial charge in [-0.05, 0) is 24.1 Å². The van der Waals surface area contributed by atoms with E-state index in [0.29, 0.717) is 18.5 Å². The number of hydrogen-bond donors (Lipinski definition) is 1. The minimum Gasteiger partial charge on any atom is -0.344 e. The van der Waals surface area contributed by atoms with Crippen LogP contribution in [0.15, 0.2) is 18.2 Å². The molecule has 1 fully saturated rings. The number of halogens is 2. The Kier molecular flexibility index (Phi) is 5.17. The maximum Gasteiger partial charge on any atom is 0.245 e. The smallest absolute Gasteiger partial charge is 0.245 e. The van der Waals surface area contributed by atoms with E-state index in [9.17, 15) is 14.0 Å². The van der Waals surface area contributed by atoms with Gasteiger partial charge in [0.15, 0.2) is 0 Å². The van der Waals surface area contributed by atoms with Gasteiger partial charge in [-0.1, -0.05) is 31.0 Å². The molecular formula is C15H18ClFN2O2. The maximum atomic E-state index is 13.5. The number of hydrogen-bond acceptors (Lipinski definition) is 2. The molecule has 1 heterocycles. The summed E-state index contributed by atoms with van der Waals surface area (Å²) >= 11 is 5.65. The minimum absolute atomic E-state index is 0.0571. The molecular weight excluding hydrogens is 295 g/mol. The van der Waals surface area contributed by atoms with Crippen LogP contribution in [0.2, 0.25) is 5.02 Å². The summed E-state index contributed by atoms with van der Waals surface area (Å²) < 4.78 is 13.5. The van der Waals surface area contributed by atoms with E-state index in [2.05, 4.69) is 5.32 Å². The zero-order valence-electron chi connectivity index (χ0n) is 11.9. The molecule has 1 aromatic carbocycles. The Morgan fingerprint density at radius 1 is 1.43 bits per heavy atom. The lowest BCUT2D eigenvalue weighted by molar-refractivity contribution is -0.134. The Labute approximate surface area is 128 Å². The van der Waals surface area contributed by atoms with Gasteiger partial charge in [-0.15, -0.1) is 0 Å². The molecule has 1 unspecified atom stereocenters. The zero-order chi connectivity index (χ0) is 15.4. The lowest BCUT2D eigenvalue weighted by Crippen LogP contribution is -2.44. The molecule has 1 atom stereocenters. The summed E-state index contributed by atoms with van der Waals surface area (Å²) in [5.41, 5.74) is 0.662. The fourth-order valence-electron chi connectivity index (χ4n) is 2.39. The van der Waals surface area contributed by atoms with Crippen LogP contribution in [0, 0.1) is 5.82 Å². The summed E-state index contributed by atoms with van der Waals surface area (Å²) in [4.78, 5) is 25.7. The van der Waals surface area contributed by atoms with Gasteiger partial charge < -0.3 is 10.2 Å². The number of nitrogens with zero attached hydrogens (tertiary/aromatic N) is 1. The first-order chi connectivity index (χ1) is 10.0. The highest BCUT2D eigenvalue weighted by Gasteiger charge is 2.29. The number of nitrogens with one attached hydrogen (secondary N) is 1. The van der Waals surface area contributed by atoms with Gasteiger partial charge in [0, 0.05) is 19.5 Å². The van der Waals surface area contributed by atoms with Crippen molar-refractivity contribution >= 4 is 23.4 Å². The molecule has 114 valence electrons. The van der Waals surface area contributed by atoms with Gasteiger partial charge in [-0.2, -0.15) is 0 Å². The monoisotopic (exact) mass is 312 g/mol. The molecule has 2 rings (SSSR count). The SMILES string of the molecule is CCCC1NC(=O)CCN(Cc2ccc(Cl)c(F)c2)C1=O. The largest absolute Gasteiger partial charge is 0.344 e. The van der Waals surface area contributed by atoms with Crippen molar-refractivity contribution in [2.45, 2.75) is 38.8 Å². The second-order valence-electron chi connectivity index (χ2n) is 5.17. The summed E-state index contributed by atoms with van der Waals surface area (Å²) in [7, 11) is 0. The van der Waals surface area contributed by atoms with Crippen molar-refractivity contribution in [3.63, 3.8) is 0 Å². The van der Waals surface area contributed by atoms with Crippen LogP contribution in [-0.2, 0) is 16.1 Å². The third-order valence-corrected chi connectivity index (χ3v) is 3.80. The molecule has 2 amide bonds. The molecule has 1 saturated heterocycles. The van der Waals surface area contributed by atoms with Gasteiger partial charge in [0.1, 0.15) is 11.9 Å². The van der Waals surface area contributed by atoms with Crippen molar-refractivity contribution in [3.05, 3.63) is 34.6 Å². The summed E-state index contributed by atoms with van der Waals surface area (Å²) in [6.07, 6.45) is 1.68. The Morgan fingerprint density at radius 3 is 2.86 bits per heavy atom. The first kappa shape index (κ1) is 15.8. The number of amides is 2. The predicted octanol–water partition coefficient (Wildman–Crippen LogP) is 2.50. The molecule has 0 aromatic heterocycles. The van der Waals surface area contributed by atoms with Crippen molar-refractivity contribution in [1.29, 1.82) is 0 Å². The minimum atomic E-state index is -0.504. The highest BCUT2D eigenvalue weighted by molar-refractivity contribution is 6.30. The fourth-order valence-corrected chi connectivity index (χ4v) is 2.51. The van der Waals surface area contributed by atoms with Gasteiger partial charge in [0.2, 0.25) is 11.8 Å². The third kappa shape index (κ3) is 3.94. The Balaban J connectivity index is 2.14. The molecule has 21 heavy (non-hydrogen) atoms. The summed E-state index contributed by atoms with van der Waals surface area (Å²) in [5.74, 6) is -0.736. The average Bonchev–Trinajstić information content (AvgIpc) is 2.57. The molecule has 4 nitrogen and oxygen atoms in total. The van der Waals surface area contributed by atoms with Gasteiger partial charge >= 0.3 is 0 Å². The highest BCUT2D eigenvalue weighted by Crippen LogP contribution is 2.18. The van der Waals surface area contributed by atoms with Crippen LogP contribution in [0.5, 0.6) is 0 Å². The third-order valence-electron chi connectivity index (χ3n) is 3.49. The van der Waals surface area contributed by atoms with E-state index < -0.39 is 11.9 Å². The molecule has 0 aliphatic carbocycles. The zero-order valence-corrected chi connectivity index (χ0v) is 12.6. The Morgan fingerprint density at radius 2 is 2.19 bits per heavy atom. The number of rotatable bonds is 4. The van der Waals surface area contributed by atoms with Crippen LogP contribution in [0.1, 0.15) is 31.7 Å². The quantitative estimate of drug-likeness (QED) is 0.928. The maximum absolute atomic E-state index is 13.5. The molecule has 0 radical (unpaired) electrons. The van der Waals surface area contributed by atoms with E-state index in [-0.39, 0.29) is 29.8 Å².